The van der Waals surface area contributed by atoms with E-state index in [9.17, 15) is 9.59 Å². The molecule has 4 heterocycles. The fourth-order valence-corrected chi connectivity index (χ4v) is 3.91. The summed E-state index contributed by atoms with van der Waals surface area (Å²) in [7, 11) is 1.64. The topological polar surface area (TPSA) is 93.0 Å². The van der Waals surface area contributed by atoms with Gasteiger partial charge in [0.1, 0.15) is 11.5 Å². The summed E-state index contributed by atoms with van der Waals surface area (Å²) in [6.45, 7) is 1.45. The van der Waals surface area contributed by atoms with Gasteiger partial charge >= 0.3 is 0 Å². The van der Waals surface area contributed by atoms with Crippen molar-refractivity contribution in [2.75, 3.05) is 23.3 Å². The minimum Gasteiger partial charge on any atom is -0.355 e. The third kappa shape index (κ3) is 3.94. The molecule has 3 aromatic heterocycles. The average Bonchev–Trinajstić information content (AvgIpc) is 3.19. The molecule has 1 amide bonds. The molecule has 3 aromatic rings. The number of rotatable bonds is 4. The first-order valence-corrected chi connectivity index (χ1v) is 9.95. The molecule has 0 saturated carbocycles. The second-order valence-electron chi connectivity index (χ2n) is 6.66. The summed E-state index contributed by atoms with van der Waals surface area (Å²) in [6, 6.07) is 8.91. The van der Waals surface area contributed by atoms with Crippen molar-refractivity contribution in [2.24, 2.45) is 13.0 Å². The highest BCUT2D eigenvalue weighted by atomic mass is 32.1. The first kappa shape index (κ1) is 18.3. The van der Waals surface area contributed by atoms with E-state index < -0.39 is 0 Å². The zero-order chi connectivity index (χ0) is 19.5. The number of amides is 1. The van der Waals surface area contributed by atoms with Crippen LogP contribution in [0.3, 0.4) is 0 Å². The van der Waals surface area contributed by atoms with Crippen LogP contribution in [-0.4, -0.2) is 38.7 Å². The molecule has 1 aliphatic rings. The van der Waals surface area contributed by atoms with Crippen LogP contribution in [-0.2, 0) is 11.8 Å². The number of anilines is 2. The summed E-state index contributed by atoms with van der Waals surface area (Å²) in [5, 5.41) is 9.70. The van der Waals surface area contributed by atoms with Gasteiger partial charge < -0.3 is 10.2 Å². The molecule has 1 N–H and O–H groups in total. The van der Waals surface area contributed by atoms with Crippen LogP contribution in [0, 0.1) is 5.92 Å². The molecule has 0 aromatic carbocycles. The lowest BCUT2D eigenvalue weighted by atomic mass is 9.96. The fourth-order valence-electron chi connectivity index (χ4n) is 3.20. The van der Waals surface area contributed by atoms with Gasteiger partial charge in [0.25, 0.3) is 5.56 Å². The lowest BCUT2D eigenvalue weighted by molar-refractivity contribution is -0.120. The Balaban J connectivity index is 1.35. The third-order valence-electron chi connectivity index (χ3n) is 4.80. The van der Waals surface area contributed by atoms with E-state index in [1.54, 1.807) is 19.3 Å². The number of pyridine rings is 1. The second-order valence-corrected chi connectivity index (χ2v) is 7.51. The zero-order valence-corrected chi connectivity index (χ0v) is 16.2. The highest BCUT2D eigenvalue weighted by Gasteiger charge is 2.26. The minimum atomic E-state index is -0.133. The van der Waals surface area contributed by atoms with Gasteiger partial charge in [0.2, 0.25) is 5.91 Å². The van der Waals surface area contributed by atoms with Crippen LogP contribution in [0.1, 0.15) is 12.8 Å². The molecule has 4 rings (SSSR count). The number of aromatic nitrogens is 4. The van der Waals surface area contributed by atoms with Crippen molar-refractivity contribution >= 4 is 28.2 Å². The molecular formula is C19H20N6O2S. The van der Waals surface area contributed by atoms with Crippen LogP contribution < -0.4 is 15.8 Å². The molecule has 8 nitrogen and oxygen atoms in total. The van der Waals surface area contributed by atoms with E-state index in [0.717, 1.165) is 43.1 Å². The Kier molecular flexibility index (Phi) is 5.16. The normalized spacial score (nSPS) is 14.8. The number of aryl methyl sites for hydroxylation is 1. The summed E-state index contributed by atoms with van der Waals surface area (Å²) < 4.78 is 1.33. The number of hydrogen-bond acceptors (Lipinski definition) is 7. The predicted octanol–water partition coefficient (Wildman–Crippen LogP) is 2.15. The summed E-state index contributed by atoms with van der Waals surface area (Å²) >= 11 is 1.40. The van der Waals surface area contributed by atoms with E-state index in [4.69, 9.17) is 0 Å². The zero-order valence-electron chi connectivity index (χ0n) is 15.4. The summed E-state index contributed by atoms with van der Waals surface area (Å²) in [4.78, 5) is 34.9. The number of thiazole rings is 1. The van der Waals surface area contributed by atoms with Crippen molar-refractivity contribution in [1.82, 2.24) is 19.7 Å². The van der Waals surface area contributed by atoms with E-state index >= 15 is 0 Å². The minimum absolute atomic E-state index is 0.00464. The molecule has 28 heavy (non-hydrogen) atoms. The monoisotopic (exact) mass is 396 g/mol. The van der Waals surface area contributed by atoms with Crippen LogP contribution in [0.2, 0.25) is 0 Å². The van der Waals surface area contributed by atoms with Gasteiger partial charge in [-0.05, 0) is 31.0 Å². The molecule has 1 saturated heterocycles. The lowest BCUT2D eigenvalue weighted by Gasteiger charge is -2.31. The molecule has 1 fully saturated rings. The molecule has 9 heteroatoms. The van der Waals surface area contributed by atoms with Gasteiger partial charge in [-0.2, -0.15) is 5.10 Å². The maximum absolute atomic E-state index is 12.6. The Hall–Kier alpha value is -3.07. The van der Waals surface area contributed by atoms with Crippen LogP contribution in [0.4, 0.5) is 10.9 Å². The van der Waals surface area contributed by atoms with E-state index in [1.807, 2.05) is 23.6 Å². The number of hydrogen-bond donors (Lipinski definition) is 1. The number of piperidine rings is 1. The van der Waals surface area contributed by atoms with Gasteiger partial charge in [0.15, 0.2) is 5.13 Å². The Labute approximate surface area is 165 Å². The smallest absolute Gasteiger partial charge is 0.266 e. The molecule has 0 radical (unpaired) electrons. The van der Waals surface area contributed by atoms with Gasteiger partial charge in [-0.3, -0.25) is 14.6 Å². The van der Waals surface area contributed by atoms with Crippen LogP contribution >= 0.6 is 11.3 Å². The van der Waals surface area contributed by atoms with Crippen LogP contribution in [0.25, 0.3) is 11.4 Å². The quantitative estimate of drug-likeness (QED) is 0.726. The maximum Gasteiger partial charge on any atom is 0.266 e. The SMILES string of the molecule is Cn1nc(N2CCC(C(=O)Nc3nc(-c4ccccn4)cs3)CC2)ccc1=O. The van der Waals surface area contributed by atoms with E-state index in [0.29, 0.717) is 5.13 Å². The van der Waals surface area contributed by atoms with Gasteiger partial charge in [-0.1, -0.05) is 6.07 Å². The van der Waals surface area contributed by atoms with E-state index in [-0.39, 0.29) is 17.4 Å². The van der Waals surface area contributed by atoms with Crippen molar-refractivity contribution in [3.05, 3.63) is 52.3 Å². The highest BCUT2D eigenvalue weighted by Crippen LogP contribution is 2.26. The van der Waals surface area contributed by atoms with Crippen molar-refractivity contribution < 1.29 is 4.79 Å². The molecule has 0 atom stereocenters. The Morgan fingerprint density at radius 3 is 2.71 bits per heavy atom. The fraction of sp³-hybridized carbons (Fsp3) is 0.316. The van der Waals surface area contributed by atoms with Crippen LogP contribution in [0.15, 0.2) is 46.7 Å². The first-order valence-electron chi connectivity index (χ1n) is 9.07. The van der Waals surface area contributed by atoms with Gasteiger partial charge in [-0.25, -0.2) is 9.67 Å². The largest absolute Gasteiger partial charge is 0.355 e. The van der Waals surface area contributed by atoms with Crippen molar-refractivity contribution in [1.29, 1.82) is 0 Å². The highest BCUT2D eigenvalue weighted by molar-refractivity contribution is 7.14. The molecule has 0 unspecified atom stereocenters. The average molecular weight is 396 g/mol. The summed E-state index contributed by atoms with van der Waals surface area (Å²) in [6.07, 6.45) is 3.18. The van der Waals surface area contributed by atoms with Crippen LogP contribution in [0.5, 0.6) is 0 Å². The van der Waals surface area contributed by atoms with Crippen molar-refractivity contribution in [3.8, 4) is 11.4 Å². The summed E-state index contributed by atoms with van der Waals surface area (Å²) in [5.74, 6) is 0.696. The Morgan fingerprint density at radius 1 is 1.18 bits per heavy atom. The number of nitrogens with zero attached hydrogens (tertiary/aromatic N) is 5. The number of carbonyl (C=O) groups is 1. The number of carbonyl (C=O) groups excluding carboxylic acids is 1. The van der Waals surface area contributed by atoms with Gasteiger partial charge in [-0.15, -0.1) is 11.3 Å². The van der Waals surface area contributed by atoms with Gasteiger partial charge in [0.05, 0.1) is 5.69 Å². The van der Waals surface area contributed by atoms with Crippen molar-refractivity contribution in [2.45, 2.75) is 12.8 Å². The third-order valence-corrected chi connectivity index (χ3v) is 5.56. The molecule has 0 aliphatic carbocycles. The second kappa shape index (κ2) is 7.89. The van der Waals surface area contributed by atoms with E-state index in [1.165, 1.54) is 22.1 Å². The molecule has 0 bridgehead atoms. The molecule has 0 spiro atoms. The first-order chi connectivity index (χ1) is 13.6. The standard InChI is InChI=1S/C19H20N6O2S/c1-24-17(26)6-5-16(23-24)25-10-7-13(8-11-25)18(27)22-19-21-15(12-28-19)14-4-2-3-9-20-14/h2-6,9,12-13H,7-8,10-11H2,1H3,(H,21,22,27). The Morgan fingerprint density at radius 2 is 2.00 bits per heavy atom. The number of nitrogens with one attached hydrogen (secondary N) is 1. The molecule has 144 valence electrons. The molecular weight excluding hydrogens is 376 g/mol. The van der Waals surface area contributed by atoms with Crippen molar-refractivity contribution in [3.63, 3.8) is 0 Å². The lowest BCUT2D eigenvalue weighted by Crippen LogP contribution is -2.39. The Bertz CT molecular complexity index is 1020. The van der Waals surface area contributed by atoms with Gasteiger partial charge in [0, 0.05) is 43.7 Å². The maximum atomic E-state index is 12.6. The molecule has 1 aliphatic heterocycles. The van der Waals surface area contributed by atoms with E-state index in [2.05, 4.69) is 25.3 Å². The predicted molar refractivity (Wildman–Crippen MR) is 108 cm³/mol. The summed E-state index contributed by atoms with van der Waals surface area (Å²) in [5.41, 5.74) is 1.42.